The Morgan fingerprint density at radius 2 is 1.96 bits per heavy atom. The molecule has 4 rings (SSSR count). The summed E-state index contributed by atoms with van der Waals surface area (Å²) in [6.07, 6.45) is 2.13. The van der Waals surface area contributed by atoms with E-state index in [1.807, 2.05) is 37.3 Å². The second-order valence-corrected chi connectivity index (χ2v) is 6.82. The molecular weight excluding hydrogens is 352 g/mol. The third kappa shape index (κ3) is 3.53. The van der Waals surface area contributed by atoms with E-state index in [2.05, 4.69) is 38.6 Å². The Kier molecular flexibility index (Phi) is 4.93. The van der Waals surface area contributed by atoms with Crippen LogP contribution in [0.15, 0.2) is 54.6 Å². The lowest BCUT2D eigenvalue weighted by Crippen LogP contribution is -2.26. The van der Waals surface area contributed by atoms with E-state index >= 15 is 0 Å². The van der Waals surface area contributed by atoms with Crippen LogP contribution in [0, 0.1) is 6.92 Å². The first-order valence-corrected chi connectivity index (χ1v) is 9.31. The molecule has 0 fully saturated rings. The van der Waals surface area contributed by atoms with Crippen LogP contribution in [0.1, 0.15) is 28.0 Å². The van der Waals surface area contributed by atoms with E-state index in [1.165, 1.54) is 5.56 Å². The number of carbonyl (C=O) groups is 1. The number of aryl methyl sites for hydroxylation is 2. The summed E-state index contributed by atoms with van der Waals surface area (Å²) in [7, 11) is 1.57. The molecule has 0 spiro atoms. The number of fused-ring (bicyclic) bond motifs is 1. The molecule has 1 N–H and O–H groups in total. The number of aromatic nitrogens is 2. The van der Waals surface area contributed by atoms with Crippen LogP contribution in [0.3, 0.4) is 0 Å². The van der Waals surface area contributed by atoms with E-state index in [0.29, 0.717) is 11.4 Å². The Hall–Kier alpha value is -3.41. The van der Waals surface area contributed by atoms with Crippen LogP contribution in [0.2, 0.25) is 0 Å². The van der Waals surface area contributed by atoms with Crippen LogP contribution < -0.4 is 15.0 Å². The normalized spacial score (nSPS) is 13.0. The zero-order chi connectivity index (χ0) is 19.5. The Morgan fingerprint density at radius 3 is 2.75 bits per heavy atom. The highest BCUT2D eigenvalue weighted by Gasteiger charge is 2.20. The fourth-order valence-corrected chi connectivity index (χ4v) is 3.47. The third-order valence-electron chi connectivity index (χ3n) is 4.87. The monoisotopic (exact) mass is 374 g/mol. The lowest BCUT2D eigenvalue weighted by molar-refractivity contribution is 0.102. The van der Waals surface area contributed by atoms with Gasteiger partial charge in [-0.05, 0) is 61.2 Å². The van der Waals surface area contributed by atoms with E-state index < -0.39 is 0 Å². The number of rotatable bonds is 4. The minimum absolute atomic E-state index is 0.262. The summed E-state index contributed by atoms with van der Waals surface area (Å²) in [6.45, 7) is 2.85. The molecule has 0 atom stereocenters. The summed E-state index contributed by atoms with van der Waals surface area (Å²) < 4.78 is 5.31. The van der Waals surface area contributed by atoms with Crippen molar-refractivity contribution < 1.29 is 9.53 Å². The fraction of sp³-hybridized carbons (Fsp3) is 0.227. The van der Waals surface area contributed by atoms with Gasteiger partial charge in [-0.15, -0.1) is 10.2 Å². The second-order valence-electron chi connectivity index (χ2n) is 6.82. The van der Waals surface area contributed by atoms with Crippen LogP contribution >= 0.6 is 0 Å². The molecule has 0 aliphatic carbocycles. The van der Waals surface area contributed by atoms with Crippen molar-refractivity contribution >= 4 is 23.1 Å². The number of amides is 1. The van der Waals surface area contributed by atoms with Crippen molar-refractivity contribution in [3.05, 3.63) is 71.4 Å². The molecular formula is C22H22N4O2. The minimum Gasteiger partial charge on any atom is -0.495 e. The third-order valence-corrected chi connectivity index (χ3v) is 4.87. The molecule has 2 heterocycles. The summed E-state index contributed by atoms with van der Waals surface area (Å²) in [5.41, 5.74) is 4.37. The predicted octanol–water partition coefficient (Wildman–Crippen LogP) is 4.13. The molecule has 0 radical (unpaired) electrons. The van der Waals surface area contributed by atoms with Crippen molar-refractivity contribution in [1.29, 1.82) is 0 Å². The van der Waals surface area contributed by atoms with E-state index in [1.54, 1.807) is 13.2 Å². The molecule has 6 heteroatoms. The van der Waals surface area contributed by atoms with Gasteiger partial charge in [-0.25, -0.2) is 0 Å². The van der Waals surface area contributed by atoms with Gasteiger partial charge >= 0.3 is 0 Å². The van der Waals surface area contributed by atoms with E-state index in [-0.39, 0.29) is 11.6 Å². The molecule has 6 nitrogen and oxygen atoms in total. The number of benzene rings is 2. The van der Waals surface area contributed by atoms with Crippen LogP contribution in [0.5, 0.6) is 5.75 Å². The van der Waals surface area contributed by atoms with E-state index in [4.69, 9.17) is 4.74 Å². The van der Waals surface area contributed by atoms with Gasteiger partial charge in [0.05, 0.1) is 12.8 Å². The number of carbonyl (C=O) groups excluding carboxylic acids is 1. The smallest absolute Gasteiger partial charge is 0.276 e. The second kappa shape index (κ2) is 7.68. The van der Waals surface area contributed by atoms with Gasteiger partial charge in [-0.2, -0.15) is 0 Å². The molecule has 142 valence electrons. The summed E-state index contributed by atoms with van der Waals surface area (Å²) in [5, 5.41) is 11.3. The summed E-state index contributed by atoms with van der Waals surface area (Å²) in [5.74, 6) is 1.03. The van der Waals surface area contributed by atoms with Gasteiger partial charge in [0.2, 0.25) is 0 Å². The predicted molar refractivity (Wildman–Crippen MR) is 109 cm³/mol. The Balaban J connectivity index is 1.54. The Bertz CT molecular complexity index is 1000. The highest BCUT2D eigenvalue weighted by Crippen LogP contribution is 2.32. The number of hydrogen-bond donors (Lipinski definition) is 1. The zero-order valence-corrected chi connectivity index (χ0v) is 16.0. The van der Waals surface area contributed by atoms with Gasteiger partial charge in [0.1, 0.15) is 5.75 Å². The van der Waals surface area contributed by atoms with Crippen LogP contribution in [-0.2, 0) is 6.42 Å². The molecule has 3 aromatic rings. The highest BCUT2D eigenvalue weighted by molar-refractivity contribution is 6.03. The van der Waals surface area contributed by atoms with Gasteiger partial charge in [0, 0.05) is 12.2 Å². The lowest BCUT2D eigenvalue weighted by atomic mass is 10.0. The molecule has 1 aliphatic heterocycles. The topological polar surface area (TPSA) is 67.3 Å². The molecule has 28 heavy (non-hydrogen) atoms. The molecule has 2 aromatic carbocycles. The maximum absolute atomic E-state index is 12.6. The SMILES string of the molecule is COc1ccc(C)cc1NC(=O)c1ccc(N2CCCc3ccccc32)nn1. The first-order chi connectivity index (χ1) is 13.7. The van der Waals surface area contributed by atoms with Crippen molar-refractivity contribution in [1.82, 2.24) is 10.2 Å². The van der Waals surface area contributed by atoms with Gasteiger partial charge in [-0.3, -0.25) is 4.79 Å². The molecule has 0 saturated heterocycles. The number of hydrogen-bond acceptors (Lipinski definition) is 5. The van der Waals surface area contributed by atoms with Gasteiger partial charge in [-0.1, -0.05) is 24.3 Å². The average Bonchev–Trinajstić information content (AvgIpc) is 2.73. The summed E-state index contributed by atoms with van der Waals surface area (Å²) in [6, 6.07) is 17.5. The van der Waals surface area contributed by atoms with E-state index in [9.17, 15) is 4.79 Å². The number of para-hydroxylation sites is 1. The maximum atomic E-state index is 12.6. The minimum atomic E-state index is -0.318. The van der Waals surface area contributed by atoms with Crippen molar-refractivity contribution in [3.63, 3.8) is 0 Å². The average molecular weight is 374 g/mol. The van der Waals surface area contributed by atoms with Crippen LogP contribution in [0.25, 0.3) is 0 Å². The number of methoxy groups -OCH3 is 1. The Labute approximate surface area is 164 Å². The number of ether oxygens (including phenoxy) is 1. The van der Waals surface area contributed by atoms with Crippen LogP contribution in [0.4, 0.5) is 17.2 Å². The molecule has 0 bridgehead atoms. The number of anilines is 3. The van der Waals surface area contributed by atoms with Crippen molar-refractivity contribution in [3.8, 4) is 5.75 Å². The molecule has 0 unspecified atom stereocenters. The highest BCUT2D eigenvalue weighted by atomic mass is 16.5. The number of nitrogens with zero attached hydrogens (tertiary/aromatic N) is 3. The molecule has 0 saturated carbocycles. The molecule has 1 aliphatic rings. The zero-order valence-electron chi connectivity index (χ0n) is 16.0. The van der Waals surface area contributed by atoms with E-state index in [0.717, 1.165) is 36.5 Å². The molecule has 1 aromatic heterocycles. The first kappa shape index (κ1) is 18.0. The van der Waals surface area contributed by atoms with Crippen molar-refractivity contribution in [2.45, 2.75) is 19.8 Å². The summed E-state index contributed by atoms with van der Waals surface area (Å²) >= 11 is 0. The largest absolute Gasteiger partial charge is 0.495 e. The number of nitrogens with one attached hydrogen (secondary N) is 1. The Morgan fingerprint density at radius 1 is 1.11 bits per heavy atom. The first-order valence-electron chi connectivity index (χ1n) is 9.31. The van der Waals surface area contributed by atoms with Crippen molar-refractivity contribution in [2.24, 2.45) is 0 Å². The summed E-state index contributed by atoms with van der Waals surface area (Å²) in [4.78, 5) is 14.7. The van der Waals surface area contributed by atoms with Gasteiger partial charge < -0.3 is 15.0 Å². The quantitative estimate of drug-likeness (QED) is 0.744. The fourth-order valence-electron chi connectivity index (χ4n) is 3.47. The molecule has 1 amide bonds. The van der Waals surface area contributed by atoms with Gasteiger partial charge in [0.25, 0.3) is 5.91 Å². The lowest BCUT2D eigenvalue weighted by Gasteiger charge is -2.29. The van der Waals surface area contributed by atoms with Crippen LogP contribution in [-0.4, -0.2) is 29.8 Å². The maximum Gasteiger partial charge on any atom is 0.276 e. The standard InChI is InChI=1S/C22H22N4O2/c1-15-9-11-20(28-2)18(14-15)23-22(27)17-10-12-21(25-24-17)26-13-5-7-16-6-3-4-8-19(16)26/h3-4,6,8-12,14H,5,7,13H2,1-2H3,(H,23,27). The van der Waals surface area contributed by atoms with Gasteiger partial charge in [0.15, 0.2) is 11.5 Å². The van der Waals surface area contributed by atoms with Crippen molar-refractivity contribution in [2.75, 3.05) is 23.9 Å².